The summed E-state index contributed by atoms with van der Waals surface area (Å²) in [5.41, 5.74) is 1.79. The van der Waals surface area contributed by atoms with Crippen LogP contribution in [0.2, 0.25) is 0 Å². The highest BCUT2D eigenvalue weighted by Gasteiger charge is 2.40. The second-order valence-electron chi connectivity index (χ2n) is 5.79. The van der Waals surface area contributed by atoms with Gasteiger partial charge in [0.15, 0.2) is 0 Å². The van der Waals surface area contributed by atoms with Crippen LogP contribution in [0.25, 0.3) is 5.52 Å². The Morgan fingerprint density at radius 3 is 3.00 bits per heavy atom. The molecule has 2 aliphatic rings. The number of amides is 1. The van der Waals surface area contributed by atoms with Gasteiger partial charge in [-0.25, -0.2) is 0 Å². The van der Waals surface area contributed by atoms with Crippen molar-refractivity contribution in [3.63, 3.8) is 0 Å². The standard InChI is InChI=1S/C15H16BrN3O/c16-12-3-4-19-8-9(1-2-14(12)19)15(20)18-13-6-11-5-10(13)7-17-11/h1-4,8,10-11,13,17H,5-7H2,(H,18,20). The maximum absolute atomic E-state index is 12.4. The minimum atomic E-state index is 0.0364. The molecular weight excluding hydrogens is 318 g/mol. The Morgan fingerprint density at radius 2 is 2.25 bits per heavy atom. The molecule has 3 unspecified atom stereocenters. The molecule has 104 valence electrons. The molecule has 2 aromatic rings. The highest BCUT2D eigenvalue weighted by atomic mass is 79.9. The van der Waals surface area contributed by atoms with Crippen LogP contribution in [0.3, 0.4) is 0 Å². The molecule has 2 aromatic heterocycles. The third kappa shape index (κ3) is 1.96. The van der Waals surface area contributed by atoms with Crippen LogP contribution in [-0.4, -0.2) is 28.9 Å². The average molecular weight is 334 g/mol. The van der Waals surface area contributed by atoms with Crippen molar-refractivity contribution in [2.24, 2.45) is 5.92 Å². The van der Waals surface area contributed by atoms with Crippen LogP contribution < -0.4 is 10.6 Å². The zero-order chi connectivity index (χ0) is 13.7. The highest BCUT2D eigenvalue weighted by Crippen LogP contribution is 2.31. The van der Waals surface area contributed by atoms with Gasteiger partial charge in [0, 0.05) is 35.5 Å². The minimum absolute atomic E-state index is 0.0364. The fourth-order valence-electron chi connectivity index (χ4n) is 3.47. The molecule has 4 rings (SSSR count). The summed E-state index contributed by atoms with van der Waals surface area (Å²) in [7, 11) is 0. The second kappa shape index (κ2) is 4.60. The summed E-state index contributed by atoms with van der Waals surface area (Å²) in [6.07, 6.45) is 6.11. The Labute approximate surface area is 125 Å². The maximum Gasteiger partial charge on any atom is 0.253 e. The van der Waals surface area contributed by atoms with Crippen molar-refractivity contribution in [2.45, 2.75) is 24.9 Å². The molecule has 1 amide bonds. The lowest BCUT2D eigenvalue weighted by molar-refractivity contribution is 0.0924. The molecule has 0 aromatic carbocycles. The summed E-state index contributed by atoms with van der Waals surface area (Å²) in [4.78, 5) is 12.4. The Morgan fingerprint density at radius 1 is 1.35 bits per heavy atom. The van der Waals surface area contributed by atoms with E-state index in [-0.39, 0.29) is 5.91 Å². The van der Waals surface area contributed by atoms with Crippen LogP contribution in [0.4, 0.5) is 0 Å². The average Bonchev–Trinajstić information content (AvgIpc) is 3.14. The molecule has 1 aliphatic carbocycles. The van der Waals surface area contributed by atoms with Crippen molar-refractivity contribution >= 4 is 27.4 Å². The maximum atomic E-state index is 12.4. The number of hydrogen-bond acceptors (Lipinski definition) is 2. The number of rotatable bonds is 2. The van der Waals surface area contributed by atoms with Gasteiger partial charge in [0.05, 0.1) is 11.1 Å². The van der Waals surface area contributed by atoms with E-state index < -0.39 is 0 Å². The van der Waals surface area contributed by atoms with Gasteiger partial charge >= 0.3 is 0 Å². The molecule has 0 spiro atoms. The van der Waals surface area contributed by atoms with Gasteiger partial charge in [-0.1, -0.05) is 0 Å². The summed E-state index contributed by atoms with van der Waals surface area (Å²) < 4.78 is 3.02. The van der Waals surface area contributed by atoms with E-state index in [1.165, 1.54) is 6.42 Å². The van der Waals surface area contributed by atoms with Crippen molar-refractivity contribution < 1.29 is 4.79 Å². The zero-order valence-corrected chi connectivity index (χ0v) is 12.6. The lowest BCUT2D eigenvalue weighted by Gasteiger charge is -2.23. The fourth-order valence-corrected chi connectivity index (χ4v) is 3.93. The summed E-state index contributed by atoms with van der Waals surface area (Å²) in [5, 5.41) is 6.66. The summed E-state index contributed by atoms with van der Waals surface area (Å²) in [6, 6.07) is 6.79. The van der Waals surface area contributed by atoms with E-state index in [1.807, 2.05) is 35.0 Å². The van der Waals surface area contributed by atoms with Crippen LogP contribution in [0, 0.1) is 5.92 Å². The first-order valence-electron chi connectivity index (χ1n) is 7.01. The Hall–Kier alpha value is -1.33. The quantitative estimate of drug-likeness (QED) is 0.884. The minimum Gasteiger partial charge on any atom is -0.349 e. The predicted octanol–water partition coefficient (Wildman–Crippen LogP) is 2.18. The third-order valence-corrected chi connectivity index (χ3v) is 5.22. The number of piperidine rings is 1. The van der Waals surface area contributed by atoms with Crippen molar-refractivity contribution in [1.82, 2.24) is 15.0 Å². The molecule has 1 aliphatic heterocycles. The van der Waals surface area contributed by atoms with Crippen molar-refractivity contribution in [2.75, 3.05) is 6.54 Å². The molecule has 2 N–H and O–H groups in total. The number of nitrogens with zero attached hydrogens (tertiary/aromatic N) is 1. The number of carbonyl (C=O) groups excluding carboxylic acids is 1. The van der Waals surface area contributed by atoms with Gasteiger partial charge in [-0.05, 0) is 52.9 Å². The van der Waals surface area contributed by atoms with Gasteiger partial charge in [0.1, 0.15) is 0 Å². The molecule has 1 saturated heterocycles. The number of hydrogen-bond donors (Lipinski definition) is 2. The lowest BCUT2D eigenvalue weighted by atomic mass is 10.0. The third-order valence-electron chi connectivity index (χ3n) is 4.55. The zero-order valence-electron chi connectivity index (χ0n) is 11.0. The van der Waals surface area contributed by atoms with Crippen LogP contribution in [0.15, 0.2) is 35.1 Å². The summed E-state index contributed by atoms with van der Waals surface area (Å²) in [6.45, 7) is 1.04. The lowest BCUT2D eigenvalue weighted by Crippen LogP contribution is -2.44. The van der Waals surface area contributed by atoms with Crippen molar-refractivity contribution in [1.29, 1.82) is 0 Å². The Balaban J connectivity index is 1.54. The van der Waals surface area contributed by atoms with E-state index in [1.54, 1.807) is 0 Å². The van der Waals surface area contributed by atoms with Gasteiger partial charge in [-0.2, -0.15) is 0 Å². The topological polar surface area (TPSA) is 45.5 Å². The molecule has 3 heterocycles. The van der Waals surface area contributed by atoms with E-state index >= 15 is 0 Å². The SMILES string of the molecule is O=C(NC1CC2CC1CN2)c1ccc2c(Br)ccn2c1. The molecule has 20 heavy (non-hydrogen) atoms. The molecule has 5 heteroatoms. The predicted molar refractivity (Wildman–Crippen MR) is 80.9 cm³/mol. The van der Waals surface area contributed by atoms with E-state index in [9.17, 15) is 4.79 Å². The molecule has 2 fully saturated rings. The number of fused-ring (bicyclic) bond motifs is 3. The van der Waals surface area contributed by atoms with Crippen LogP contribution in [0.5, 0.6) is 0 Å². The van der Waals surface area contributed by atoms with E-state index in [4.69, 9.17) is 0 Å². The van der Waals surface area contributed by atoms with Gasteiger partial charge in [0.2, 0.25) is 0 Å². The monoisotopic (exact) mass is 333 g/mol. The van der Waals surface area contributed by atoms with Crippen LogP contribution >= 0.6 is 15.9 Å². The van der Waals surface area contributed by atoms with Gasteiger partial charge in [-0.3, -0.25) is 4.79 Å². The molecule has 0 radical (unpaired) electrons. The first-order chi connectivity index (χ1) is 9.70. The second-order valence-corrected chi connectivity index (χ2v) is 6.64. The van der Waals surface area contributed by atoms with Crippen LogP contribution in [-0.2, 0) is 0 Å². The smallest absolute Gasteiger partial charge is 0.253 e. The molecular formula is C15H16BrN3O. The summed E-state index contributed by atoms with van der Waals surface area (Å²) >= 11 is 3.49. The highest BCUT2D eigenvalue weighted by molar-refractivity contribution is 9.10. The molecule has 2 bridgehead atoms. The van der Waals surface area contributed by atoms with Crippen molar-refractivity contribution in [3.8, 4) is 0 Å². The number of pyridine rings is 1. The Kier molecular flexibility index (Phi) is 2.86. The van der Waals surface area contributed by atoms with E-state index in [2.05, 4.69) is 26.6 Å². The van der Waals surface area contributed by atoms with Gasteiger partial charge < -0.3 is 15.0 Å². The van der Waals surface area contributed by atoms with E-state index in [0.29, 0.717) is 18.0 Å². The molecule has 1 saturated carbocycles. The first-order valence-corrected chi connectivity index (χ1v) is 7.80. The number of aromatic nitrogens is 1. The normalized spacial score (nSPS) is 28.1. The Bertz CT molecular complexity index is 681. The van der Waals surface area contributed by atoms with Crippen molar-refractivity contribution in [3.05, 3.63) is 40.6 Å². The van der Waals surface area contributed by atoms with Crippen LogP contribution in [0.1, 0.15) is 23.2 Å². The number of nitrogens with one attached hydrogen (secondary N) is 2. The van der Waals surface area contributed by atoms with E-state index in [0.717, 1.165) is 28.5 Å². The fraction of sp³-hybridized carbons (Fsp3) is 0.400. The van der Waals surface area contributed by atoms with Gasteiger partial charge in [0.25, 0.3) is 5.91 Å². The van der Waals surface area contributed by atoms with Gasteiger partial charge in [-0.15, -0.1) is 0 Å². The first kappa shape index (κ1) is 12.4. The summed E-state index contributed by atoms with van der Waals surface area (Å²) in [5.74, 6) is 0.641. The number of carbonyl (C=O) groups is 1. The largest absolute Gasteiger partial charge is 0.349 e. The molecule has 3 atom stereocenters. The number of halogens is 1. The molecule has 4 nitrogen and oxygen atoms in total.